The number of nitrogen functional groups attached to an aromatic ring is 1. The summed E-state index contributed by atoms with van der Waals surface area (Å²) in [5.41, 5.74) is 8.16. The number of fused-ring (bicyclic) bond motifs is 1. The number of thioether (sulfide) groups is 1. The molecule has 2 aliphatic rings. The standard InChI is InChI=1S/C12H11NO3S/c13-9-5-11-10(15-6-16-11)4-8(9)3-7-1-2-17-12(7)14/h3-5H,1-2,6,13H2/b7-3+. The Morgan fingerprint density at radius 1 is 1.29 bits per heavy atom. The molecule has 1 saturated heterocycles. The Hall–Kier alpha value is -1.62. The molecule has 0 aliphatic carbocycles. The first-order chi connectivity index (χ1) is 8.24. The molecule has 5 heteroatoms. The van der Waals surface area contributed by atoms with Gasteiger partial charge >= 0.3 is 0 Å². The van der Waals surface area contributed by atoms with Crippen LogP contribution in [0.2, 0.25) is 0 Å². The first-order valence-corrected chi connectivity index (χ1v) is 6.29. The van der Waals surface area contributed by atoms with Gasteiger partial charge < -0.3 is 15.2 Å². The molecule has 2 heterocycles. The SMILES string of the molecule is Nc1cc2c(cc1/C=C1\CCSC1=O)OCO2. The summed E-state index contributed by atoms with van der Waals surface area (Å²) in [5.74, 6) is 2.20. The summed E-state index contributed by atoms with van der Waals surface area (Å²) in [5, 5.41) is 0.141. The third kappa shape index (κ3) is 1.86. The average molecular weight is 249 g/mol. The van der Waals surface area contributed by atoms with Crippen molar-refractivity contribution in [3.8, 4) is 11.5 Å². The Bertz CT molecular complexity index is 525. The Morgan fingerprint density at radius 2 is 2.06 bits per heavy atom. The van der Waals surface area contributed by atoms with Crippen molar-refractivity contribution in [3.05, 3.63) is 23.3 Å². The van der Waals surface area contributed by atoms with E-state index < -0.39 is 0 Å². The molecule has 0 atom stereocenters. The second-order valence-corrected chi connectivity index (χ2v) is 4.96. The molecular formula is C12H11NO3S. The summed E-state index contributed by atoms with van der Waals surface area (Å²) in [6, 6.07) is 3.56. The van der Waals surface area contributed by atoms with Crippen LogP contribution in [0.15, 0.2) is 17.7 Å². The summed E-state index contributed by atoms with van der Waals surface area (Å²) in [4.78, 5) is 11.5. The molecule has 0 bridgehead atoms. The van der Waals surface area contributed by atoms with Crippen LogP contribution in [0.5, 0.6) is 11.5 Å². The number of benzene rings is 1. The van der Waals surface area contributed by atoms with E-state index in [-0.39, 0.29) is 11.9 Å². The van der Waals surface area contributed by atoms with Crippen molar-refractivity contribution in [2.45, 2.75) is 6.42 Å². The quantitative estimate of drug-likeness (QED) is 0.609. The molecule has 0 amide bonds. The number of anilines is 1. The molecule has 2 N–H and O–H groups in total. The van der Waals surface area contributed by atoms with Crippen LogP contribution < -0.4 is 15.2 Å². The molecule has 88 valence electrons. The lowest BCUT2D eigenvalue weighted by Crippen LogP contribution is -1.93. The number of carbonyl (C=O) groups excluding carboxylic acids is 1. The number of rotatable bonds is 1. The van der Waals surface area contributed by atoms with Crippen molar-refractivity contribution in [1.82, 2.24) is 0 Å². The van der Waals surface area contributed by atoms with Crippen molar-refractivity contribution < 1.29 is 14.3 Å². The van der Waals surface area contributed by atoms with Crippen LogP contribution in [-0.2, 0) is 4.79 Å². The fraction of sp³-hybridized carbons (Fsp3) is 0.250. The van der Waals surface area contributed by atoms with Crippen LogP contribution in [0.3, 0.4) is 0 Å². The van der Waals surface area contributed by atoms with Crippen molar-refractivity contribution >= 4 is 28.6 Å². The normalized spacial score (nSPS) is 20.2. The van der Waals surface area contributed by atoms with E-state index in [1.165, 1.54) is 11.8 Å². The Balaban J connectivity index is 2.01. The van der Waals surface area contributed by atoms with E-state index in [0.29, 0.717) is 17.2 Å². The Labute approximate surface area is 103 Å². The maximum atomic E-state index is 11.5. The van der Waals surface area contributed by atoms with E-state index in [9.17, 15) is 4.79 Å². The molecule has 17 heavy (non-hydrogen) atoms. The number of nitrogens with two attached hydrogens (primary N) is 1. The molecule has 2 aliphatic heterocycles. The zero-order valence-corrected chi connectivity index (χ0v) is 9.88. The summed E-state index contributed by atoms with van der Waals surface area (Å²) in [6.07, 6.45) is 2.65. The molecule has 1 aromatic carbocycles. The minimum atomic E-state index is 0.141. The van der Waals surface area contributed by atoms with Gasteiger partial charge in [0.2, 0.25) is 11.9 Å². The highest BCUT2D eigenvalue weighted by molar-refractivity contribution is 8.14. The van der Waals surface area contributed by atoms with Crippen LogP contribution in [0.25, 0.3) is 6.08 Å². The van der Waals surface area contributed by atoms with Gasteiger partial charge in [0.25, 0.3) is 0 Å². The highest BCUT2D eigenvalue weighted by Gasteiger charge is 2.20. The smallest absolute Gasteiger partial charge is 0.231 e. The first-order valence-electron chi connectivity index (χ1n) is 5.31. The maximum Gasteiger partial charge on any atom is 0.231 e. The van der Waals surface area contributed by atoms with Crippen LogP contribution in [-0.4, -0.2) is 17.7 Å². The highest BCUT2D eigenvalue weighted by Crippen LogP contribution is 2.37. The number of hydrogen-bond donors (Lipinski definition) is 1. The van der Waals surface area contributed by atoms with Gasteiger partial charge in [-0.1, -0.05) is 11.8 Å². The van der Waals surface area contributed by atoms with Crippen LogP contribution in [0.1, 0.15) is 12.0 Å². The second kappa shape index (κ2) is 4.00. The minimum Gasteiger partial charge on any atom is -0.454 e. The lowest BCUT2D eigenvalue weighted by Gasteiger charge is -2.04. The van der Waals surface area contributed by atoms with Crippen LogP contribution in [0.4, 0.5) is 5.69 Å². The summed E-state index contributed by atoms with van der Waals surface area (Å²) >= 11 is 1.35. The van der Waals surface area contributed by atoms with E-state index in [0.717, 1.165) is 23.3 Å². The number of hydrogen-bond acceptors (Lipinski definition) is 5. The zero-order chi connectivity index (χ0) is 11.8. The second-order valence-electron chi connectivity index (χ2n) is 3.89. The fourth-order valence-corrected chi connectivity index (χ4v) is 2.72. The lowest BCUT2D eigenvalue weighted by atomic mass is 10.1. The van der Waals surface area contributed by atoms with Gasteiger partial charge in [-0.2, -0.15) is 0 Å². The Kier molecular flexibility index (Phi) is 2.48. The number of carbonyl (C=O) groups is 1. The van der Waals surface area contributed by atoms with Crippen LogP contribution >= 0.6 is 11.8 Å². The highest BCUT2D eigenvalue weighted by atomic mass is 32.2. The van der Waals surface area contributed by atoms with E-state index in [4.69, 9.17) is 15.2 Å². The van der Waals surface area contributed by atoms with E-state index in [1.807, 2.05) is 12.1 Å². The van der Waals surface area contributed by atoms with Gasteiger partial charge in [0.05, 0.1) is 0 Å². The van der Waals surface area contributed by atoms with Crippen molar-refractivity contribution in [2.24, 2.45) is 0 Å². The van der Waals surface area contributed by atoms with Gasteiger partial charge in [0.15, 0.2) is 11.5 Å². The number of ether oxygens (including phenoxy) is 2. The minimum absolute atomic E-state index is 0.141. The molecule has 0 aromatic heterocycles. The van der Waals surface area contributed by atoms with Crippen molar-refractivity contribution in [1.29, 1.82) is 0 Å². The van der Waals surface area contributed by atoms with E-state index in [1.54, 1.807) is 6.07 Å². The third-order valence-corrected chi connectivity index (χ3v) is 3.71. The van der Waals surface area contributed by atoms with Crippen molar-refractivity contribution in [3.63, 3.8) is 0 Å². The van der Waals surface area contributed by atoms with Gasteiger partial charge in [-0.25, -0.2) is 0 Å². The monoisotopic (exact) mass is 249 g/mol. The Morgan fingerprint density at radius 3 is 2.76 bits per heavy atom. The summed E-state index contributed by atoms with van der Waals surface area (Å²) < 4.78 is 10.5. The van der Waals surface area contributed by atoms with E-state index >= 15 is 0 Å². The average Bonchev–Trinajstić information content (AvgIpc) is 2.89. The van der Waals surface area contributed by atoms with Gasteiger partial charge in [-0.15, -0.1) is 0 Å². The largest absolute Gasteiger partial charge is 0.454 e. The molecule has 0 spiro atoms. The predicted molar refractivity (Wildman–Crippen MR) is 67.0 cm³/mol. The lowest BCUT2D eigenvalue weighted by molar-refractivity contribution is -0.107. The topological polar surface area (TPSA) is 61.6 Å². The van der Waals surface area contributed by atoms with Gasteiger partial charge in [-0.05, 0) is 18.6 Å². The summed E-state index contributed by atoms with van der Waals surface area (Å²) in [6.45, 7) is 0.226. The first kappa shape index (κ1) is 10.5. The molecule has 0 unspecified atom stereocenters. The molecule has 3 rings (SSSR count). The zero-order valence-electron chi connectivity index (χ0n) is 9.06. The summed E-state index contributed by atoms with van der Waals surface area (Å²) in [7, 11) is 0. The third-order valence-electron chi connectivity index (χ3n) is 2.77. The fourth-order valence-electron chi connectivity index (χ4n) is 1.87. The molecule has 1 fully saturated rings. The molecule has 0 saturated carbocycles. The maximum absolute atomic E-state index is 11.5. The van der Waals surface area contributed by atoms with Gasteiger partial charge in [0.1, 0.15) is 0 Å². The molecular weight excluding hydrogens is 238 g/mol. The van der Waals surface area contributed by atoms with Gasteiger partial charge in [0, 0.05) is 28.6 Å². The van der Waals surface area contributed by atoms with Crippen molar-refractivity contribution in [2.75, 3.05) is 18.3 Å². The molecule has 1 aromatic rings. The van der Waals surface area contributed by atoms with Crippen LogP contribution in [0, 0.1) is 0 Å². The molecule has 0 radical (unpaired) electrons. The van der Waals surface area contributed by atoms with E-state index in [2.05, 4.69) is 0 Å². The predicted octanol–water partition coefficient (Wildman–Crippen LogP) is 2.04. The molecule has 4 nitrogen and oxygen atoms in total. The van der Waals surface area contributed by atoms with Gasteiger partial charge in [-0.3, -0.25) is 4.79 Å².